The van der Waals surface area contributed by atoms with E-state index in [1.54, 1.807) is 42.5 Å². The molecule has 4 heterocycles. The molecule has 0 unspecified atom stereocenters. The van der Waals surface area contributed by atoms with Gasteiger partial charge in [0, 0.05) is 81.8 Å². The van der Waals surface area contributed by atoms with Gasteiger partial charge in [-0.25, -0.2) is 19.7 Å². The number of urea groups is 1. The lowest BCUT2D eigenvalue weighted by molar-refractivity contribution is -0.123. The van der Waals surface area contributed by atoms with E-state index in [-0.39, 0.29) is 54.6 Å². The number of carbonyl (C=O) groups excluding carboxylic acids is 5. The Hall–Kier alpha value is -6.85. The normalized spacial score (nSPS) is 15.6. The minimum atomic E-state index is -0.312. The number of fused-ring (bicyclic) bond motifs is 1. The number of unbranched alkanes of at least 4 members (excludes halogenated alkanes) is 2. The number of benzene rings is 2. The lowest BCUT2D eigenvalue weighted by Gasteiger charge is -2.16. The maximum Gasteiger partial charge on any atom is 0.315 e. The lowest BCUT2D eigenvalue weighted by Crippen LogP contribution is -2.36. The van der Waals surface area contributed by atoms with Gasteiger partial charge >= 0.3 is 6.03 Å². The molecule has 77 heavy (non-hydrogen) atoms. The highest BCUT2D eigenvalue weighted by atomic mass is 32.2. The molecule has 2 aliphatic heterocycles. The number of ether oxygens (including phenoxy) is 5. The largest absolute Gasteiger partial charge is 0.457 e. The summed E-state index contributed by atoms with van der Waals surface area (Å²) in [6, 6.07) is 24.0. The number of hydrogen-bond donors (Lipinski definition) is 7. The first-order chi connectivity index (χ1) is 37.6. The highest BCUT2D eigenvalue weighted by Crippen LogP contribution is 2.33. The van der Waals surface area contributed by atoms with Crippen LogP contribution in [0.15, 0.2) is 97.3 Å². The van der Waals surface area contributed by atoms with E-state index in [9.17, 15) is 24.0 Å². The van der Waals surface area contributed by atoms with Crippen LogP contribution in [0.2, 0.25) is 0 Å². The van der Waals surface area contributed by atoms with Crippen LogP contribution in [0.3, 0.4) is 0 Å². The van der Waals surface area contributed by atoms with Crippen molar-refractivity contribution in [3.8, 4) is 23.1 Å². The molecule has 2 saturated heterocycles. The minimum absolute atomic E-state index is 0.0613. The Morgan fingerprint density at radius 3 is 1.99 bits per heavy atom. The second-order valence-corrected chi connectivity index (χ2v) is 19.7. The van der Waals surface area contributed by atoms with Crippen molar-refractivity contribution in [1.29, 1.82) is 0 Å². The van der Waals surface area contributed by atoms with Gasteiger partial charge in [-0.3, -0.25) is 19.2 Å². The number of pyridine rings is 1. The van der Waals surface area contributed by atoms with Crippen molar-refractivity contribution < 1.29 is 47.7 Å². The summed E-state index contributed by atoms with van der Waals surface area (Å²) in [6.45, 7) is 5.86. The number of anilines is 3. The topological polar surface area (TPSA) is 258 Å². The maximum atomic E-state index is 12.7. The lowest BCUT2D eigenvalue weighted by atomic mass is 10.0. The summed E-state index contributed by atoms with van der Waals surface area (Å²) in [6.07, 6.45) is 12.1. The number of thioether (sulfide) groups is 1. The number of nitrogens with one attached hydrogen (secondary N) is 7. The zero-order valence-electron chi connectivity index (χ0n) is 44.0. The maximum absolute atomic E-state index is 12.7. The average Bonchev–Trinajstić information content (AvgIpc) is 3.99. The zero-order chi connectivity index (χ0) is 54.1. The summed E-state index contributed by atoms with van der Waals surface area (Å²) >= 11 is 1.90. The third kappa shape index (κ3) is 24.4. The molecule has 416 valence electrons. The van der Waals surface area contributed by atoms with E-state index < -0.39 is 0 Å². The molecule has 2 aromatic heterocycles. The van der Waals surface area contributed by atoms with Gasteiger partial charge in [-0.2, -0.15) is 11.8 Å². The minimum Gasteiger partial charge on any atom is -0.457 e. The second-order valence-electron chi connectivity index (χ2n) is 18.4. The van der Waals surface area contributed by atoms with E-state index in [0.29, 0.717) is 125 Å². The van der Waals surface area contributed by atoms with Crippen LogP contribution in [0.4, 0.5) is 22.2 Å². The van der Waals surface area contributed by atoms with Gasteiger partial charge in [0.15, 0.2) is 0 Å². The van der Waals surface area contributed by atoms with Gasteiger partial charge in [0.05, 0.1) is 38.5 Å². The summed E-state index contributed by atoms with van der Waals surface area (Å²) in [5.74, 6) is 4.15. The number of amides is 6. The first-order valence-electron chi connectivity index (χ1n) is 26.6. The molecule has 3 atom stereocenters. The van der Waals surface area contributed by atoms with Gasteiger partial charge in [0.25, 0.3) is 0 Å². The molecule has 2 aliphatic rings. The number of nitrogens with zero attached hydrogens (tertiary/aromatic N) is 4. The van der Waals surface area contributed by atoms with E-state index in [1.165, 1.54) is 12.4 Å². The molecule has 0 aliphatic carbocycles. The van der Waals surface area contributed by atoms with Crippen LogP contribution in [0, 0.1) is 0 Å². The van der Waals surface area contributed by atoms with Crippen LogP contribution in [-0.4, -0.2) is 152 Å². The van der Waals surface area contributed by atoms with E-state index in [1.807, 2.05) is 61.3 Å². The standard InChI is InChI=1S/C55H75N11O10S/c1-66(31-11-22-52(70)64-47-18-9-17-46(62-47)63-48-38-53(60-40-59-48)76-43-25-23-42(24-26-43)75-41-14-3-2-4-15-41)30-8-7-27-56-50(68)20-10-21-51(69)58-29-13-33-73-35-37-74-36-34-72-32-12-28-57-49(67)19-6-5-16-45-54-44(39-77-45)61-55(71)65-54/h2-4,9,11,14-15,17-18,22-26,38,40,44-45,54H,5-8,10,12-13,16,19-21,27-37,39H2,1H3,(H,56,68)(H,57,67)(H,58,69)(H2,61,65,71)(H2,59,60,62,63,64,70)/b22-11+/t44-,45-,54-/m0/s1. The van der Waals surface area contributed by atoms with E-state index in [4.69, 9.17) is 23.7 Å². The smallest absolute Gasteiger partial charge is 0.315 e. The summed E-state index contributed by atoms with van der Waals surface area (Å²) in [5.41, 5.74) is 0. The van der Waals surface area contributed by atoms with E-state index in [0.717, 1.165) is 56.6 Å². The first kappa shape index (κ1) is 59.4. The van der Waals surface area contributed by atoms with Crippen LogP contribution in [-0.2, 0) is 33.4 Å². The fourth-order valence-electron chi connectivity index (χ4n) is 8.12. The zero-order valence-corrected chi connectivity index (χ0v) is 44.8. The summed E-state index contributed by atoms with van der Waals surface area (Å²) < 4.78 is 28.5. The van der Waals surface area contributed by atoms with E-state index in [2.05, 4.69) is 57.1 Å². The third-order valence-corrected chi connectivity index (χ3v) is 13.6. The number of hydrogen-bond acceptors (Lipinski definition) is 16. The molecule has 0 bridgehead atoms. The van der Waals surface area contributed by atoms with Crippen molar-refractivity contribution in [2.75, 3.05) is 95.8 Å². The number of para-hydroxylation sites is 1. The van der Waals surface area contributed by atoms with Crippen molar-refractivity contribution >= 4 is 58.9 Å². The summed E-state index contributed by atoms with van der Waals surface area (Å²) in [4.78, 5) is 75.9. The van der Waals surface area contributed by atoms with Crippen LogP contribution in [0.1, 0.15) is 70.6 Å². The Kier molecular flexibility index (Phi) is 26.8. The van der Waals surface area contributed by atoms with Gasteiger partial charge in [-0.15, -0.1) is 0 Å². The first-order valence-corrected chi connectivity index (χ1v) is 27.6. The number of aromatic nitrogens is 3. The highest BCUT2D eigenvalue weighted by Gasteiger charge is 2.42. The second kappa shape index (κ2) is 34.7. The Labute approximate surface area is 455 Å². The van der Waals surface area contributed by atoms with Crippen molar-refractivity contribution in [2.24, 2.45) is 0 Å². The molecule has 2 aromatic carbocycles. The predicted octanol–water partition coefficient (Wildman–Crippen LogP) is 6.48. The number of carbonyl (C=O) groups is 5. The van der Waals surface area contributed by atoms with Crippen LogP contribution in [0.25, 0.3) is 0 Å². The van der Waals surface area contributed by atoms with Gasteiger partial charge in [0.1, 0.15) is 41.0 Å². The predicted molar refractivity (Wildman–Crippen MR) is 296 cm³/mol. The fourth-order valence-corrected chi connectivity index (χ4v) is 9.66. The van der Waals surface area contributed by atoms with Gasteiger partial charge in [-0.1, -0.05) is 36.8 Å². The highest BCUT2D eigenvalue weighted by molar-refractivity contribution is 8.00. The molecule has 2 fully saturated rings. The molecular weight excluding hydrogens is 1010 g/mol. The van der Waals surface area contributed by atoms with Crippen LogP contribution in [0.5, 0.6) is 23.1 Å². The van der Waals surface area contributed by atoms with Gasteiger partial charge < -0.3 is 65.8 Å². The monoisotopic (exact) mass is 1080 g/mol. The van der Waals surface area contributed by atoms with Crippen molar-refractivity contribution in [1.82, 2.24) is 46.4 Å². The quantitative estimate of drug-likeness (QED) is 0.0144. The Bertz CT molecular complexity index is 2440. The third-order valence-electron chi connectivity index (χ3n) is 12.1. The van der Waals surface area contributed by atoms with Crippen molar-refractivity contribution in [2.45, 2.75) is 88.0 Å². The van der Waals surface area contributed by atoms with Gasteiger partial charge in [-0.05, 0) is 107 Å². The molecule has 0 radical (unpaired) electrons. The van der Waals surface area contributed by atoms with Crippen LogP contribution < -0.4 is 46.7 Å². The molecule has 6 amide bonds. The van der Waals surface area contributed by atoms with Crippen LogP contribution >= 0.6 is 11.8 Å². The molecule has 4 aromatic rings. The molecule has 7 N–H and O–H groups in total. The molecule has 22 heteroatoms. The molecular formula is C55H75N11O10S. The molecule has 0 saturated carbocycles. The Balaban J connectivity index is 0.674. The fraction of sp³-hybridized carbons (Fsp3) is 0.491. The Morgan fingerprint density at radius 1 is 0.662 bits per heavy atom. The van der Waals surface area contributed by atoms with E-state index >= 15 is 0 Å². The SMILES string of the molecule is CN(C/C=C/C(=O)Nc1cccc(Nc2cc(Oc3ccc(Oc4ccccc4)cc3)ncn2)n1)CCCCNC(=O)CCCC(=O)NCCCOCCOCCOCCCNC(=O)CCCC[C@@H]1SC[C@@H]2NC(=O)N[C@@H]21. The average molecular weight is 1080 g/mol. The number of rotatable bonds is 38. The van der Waals surface area contributed by atoms with Crippen molar-refractivity contribution in [3.63, 3.8) is 0 Å². The molecule has 21 nitrogen and oxygen atoms in total. The van der Waals surface area contributed by atoms with Gasteiger partial charge in [0.2, 0.25) is 29.5 Å². The Morgan fingerprint density at radius 2 is 1.29 bits per heavy atom. The number of likely N-dealkylation sites (N-methyl/N-ethyl adjacent to an activating group) is 1. The molecule has 6 rings (SSSR count). The van der Waals surface area contributed by atoms with Crippen molar-refractivity contribution in [3.05, 3.63) is 97.3 Å². The summed E-state index contributed by atoms with van der Waals surface area (Å²) in [5, 5.41) is 21.1. The molecule has 0 spiro atoms. The summed E-state index contributed by atoms with van der Waals surface area (Å²) in [7, 11) is 1.97.